The monoisotopic (exact) mass is 361 g/mol. The van der Waals surface area contributed by atoms with Gasteiger partial charge < -0.3 is 11.1 Å². The van der Waals surface area contributed by atoms with Crippen LogP contribution in [0.25, 0.3) is 0 Å². The Morgan fingerprint density at radius 1 is 1.24 bits per heavy atom. The Bertz CT molecular complexity index is 839. The topological polar surface area (TPSA) is 67.5 Å². The van der Waals surface area contributed by atoms with Crippen LogP contribution in [0, 0.1) is 11.6 Å². The van der Waals surface area contributed by atoms with E-state index in [2.05, 4.69) is 10.3 Å². The Balaban J connectivity index is 1.90. The summed E-state index contributed by atoms with van der Waals surface area (Å²) in [5, 5.41) is 3.05. The van der Waals surface area contributed by atoms with Gasteiger partial charge in [0.1, 0.15) is 11.6 Å². The van der Waals surface area contributed by atoms with Gasteiger partial charge in [0.25, 0.3) is 5.91 Å². The molecule has 0 aromatic heterocycles. The van der Waals surface area contributed by atoms with Gasteiger partial charge in [-0.1, -0.05) is 17.8 Å². The van der Waals surface area contributed by atoms with Crippen molar-refractivity contribution in [3.05, 3.63) is 65.2 Å². The van der Waals surface area contributed by atoms with Gasteiger partial charge >= 0.3 is 0 Å². The number of benzene rings is 2. The number of halogens is 2. The van der Waals surface area contributed by atoms with Crippen LogP contribution in [0.3, 0.4) is 0 Å². The van der Waals surface area contributed by atoms with Crippen LogP contribution in [0.5, 0.6) is 0 Å². The fraction of sp³-hybridized carbons (Fsp3) is 0.222. The summed E-state index contributed by atoms with van der Waals surface area (Å²) in [6.07, 6.45) is 0.739. The highest BCUT2D eigenvalue weighted by atomic mass is 32.2. The first-order valence-corrected chi connectivity index (χ1v) is 8.71. The summed E-state index contributed by atoms with van der Waals surface area (Å²) in [6, 6.07) is 9.66. The van der Waals surface area contributed by atoms with Crippen molar-refractivity contribution in [2.75, 3.05) is 11.1 Å². The molecule has 1 amide bonds. The van der Waals surface area contributed by atoms with Crippen molar-refractivity contribution in [2.24, 2.45) is 10.7 Å². The Hall–Kier alpha value is -2.41. The Kier molecular flexibility index (Phi) is 4.76. The molecule has 0 saturated heterocycles. The summed E-state index contributed by atoms with van der Waals surface area (Å²) in [4.78, 5) is 16.9. The fourth-order valence-electron chi connectivity index (χ4n) is 2.66. The van der Waals surface area contributed by atoms with Gasteiger partial charge in [-0.3, -0.25) is 9.79 Å². The fourth-order valence-corrected chi connectivity index (χ4v) is 3.64. The Morgan fingerprint density at radius 3 is 2.64 bits per heavy atom. The van der Waals surface area contributed by atoms with E-state index >= 15 is 0 Å². The molecule has 1 atom stereocenters. The van der Waals surface area contributed by atoms with E-state index in [1.807, 2.05) is 6.92 Å². The lowest BCUT2D eigenvalue weighted by molar-refractivity contribution is 0.102. The summed E-state index contributed by atoms with van der Waals surface area (Å²) in [6.45, 7) is 1.91. The first-order valence-electron chi connectivity index (χ1n) is 7.72. The van der Waals surface area contributed by atoms with Gasteiger partial charge in [-0.05, 0) is 55.3 Å². The normalized spacial score (nSPS) is 20.0. The van der Waals surface area contributed by atoms with Crippen LogP contribution in [-0.4, -0.2) is 16.8 Å². The molecule has 1 unspecified atom stereocenters. The molecule has 0 saturated carbocycles. The van der Waals surface area contributed by atoms with Crippen molar-refractivity contribution in [3.63, 3.8) is 0 Å². The van der Waals surface area contributed by atoms with Gasteiger partial charge in [-0.25, -0.2) is 8.78 Å². The summed E-state index contributed by atoms with van der Waals surface area (Å²) in [5.41, 5.74) is 6.25. The number of anilines is 1. The van der Waals surface area contributed by atoms with Crippen molar-refractivity contribution < 1.29 is 13.6 Å². The Labute approximate surface area is 148 Å². The van der Waals surface area contributed by atoms with Crippen LogP contribution >= 0.6 is 11.8 Å². The lowest BCUT2D eigenvalue weighted by atomic mass is 9.88. The van der Waals surface area contributed by atoms with Crippen molar-refractivity contribution >= 4 is 28.5 Å². The van der Waals surface area contributed by atoms with E-state index in [1.165, 1.54) is 48.2 Å². The van der Waals surface area contributed by atoms with Crippen LogP contribution in [0.4, 0.5) is 14.5 Å². The third-order valence-corrected chi connectivity index (χ3v) is 4.93. The van der Waals surface area contributed by atoms with Gasteiger partial charge in [0.05, 0.1) is 11.1 Å². The quantitative estimate of drug-likeness (QED) is 0.872. The summed E-state index contributed by atoms with van der Waals surface area (Å²) < 4.78 is 27.1. The van der Waals surface area contributed by atoms with E-state index in [9.17, 15) is 13.6 Å². The SMILES string of the molecule is CC1(c2ccc(F)c(C(=O)Nc3ccc(F)cc3)c2)CCSC(N)=N1. The van der Waals surface area contributed by atoms with Gasteiger partial charge in [0, 0.05) is 11.4 Å². The molecule has 1 aliphatic rings. The zero-order valence-corrected chi connectivity index (χ0v) is 14.4. The number of amidine groups is 1. The van der Waals surface area contributed by atoms with Gasteiger partial charge in [0.2, 0.25) is 0 Å². The number of nitrogens with one attached hydrogen (secondary N) is 1. The molecule has 0 radical (unpaired) electrons. The van der Waals surface area contributed by atoms with E-state index in [-0.39, 0.29) is 5.56 Å². The van der Waals surface area contributed by atoms with Crippen LogP contribution in [0.2, 0.25) is 0 Å². The summed E-state index contributed by atoms with van der Waals surface area (Å²) >= 11 is 1.48. The lowest BCUT2D eigenvalue weighted by Gasteiger charge is -2.30. The zero-order chi connectivity index (χ0) is 18.0. The van der Waals surface area contributed by atoms with E-state index in [0.29, 0.717) is 10.9 Å². The lowest BCUT2D eigenvalue weighted by Crippen LogP contribution is -2.29. The van der Waals surface area contributed by atoms with Crippen molar-refractivity contribution in [1.29, 1.82) is 0 Å². The molecule has 0 spiro atoms. The third-order valence-electron chi connectivity index (χ3n) is 4.13. The number of carbonyl (C=O) groups excluding carboxylic acids is 1. The van der Waals surface area contributed by atoms with Gasteiger partial charge in [-0.2, -0.15) is 0 Å². The molecule has 3 rings (SSSR count). The maximum absolute atomic E-state index is 14.2. The maximum atomic E-state index is 14.2. The second-order valence-electron chi connectivity index (χ2n) is 5.98. The summed E-state index contributed by atoms with van der Waals surface area (Å²) in [7, 11) is 0. The minimum atomic E-state index is -0.630. The number of carbonyl (C=O) groups is 1. The number of rotatable bonds is 3. The molecule has 3 N–H and O–H groups in total. The molecule has 2 aromatic rings. The largest absolute Gasteiger partial charge is 0.379 e. The molecule has 0 bridgehead atoms. The first-order chi connectivity index (χ1) is 11.9. The van der Waals surface area contributed by atoms with E-state index in [0.717, 1.165) is 17.7 Å². The van der Waals surface area contributed by atoms with E-state index in [1.54, 1.807) is 6.07 Å². The highest BCUT2D eigenvalue weighted by molar-refractivity contribution is 8.13. The average molecular weight is 361 g/mol. The number of amides is 1. The van der Waals surface area contributed by atoms with Crippen molar-refractivity contribution in [2.45, 2.75) is 18.9 Å². The molecular formula is C18H17F2N3OS. The van der Waals surface area contributed by atoms with Crippen molar-refractivity contribution in [3.8, 4) is 0 Å². The number of nitrogens with zero attached hydrogens (tertiary/aromatic N) is 1. The summed E-state index contributed by atoms with van der Waals surface area (Å²) in [5.74, 6) is -0.837. The van der Waals surface area contributed by atoms with Crippen LogP contribution < -0.4 is 11.1 Å². The number of aliphatic imine (C=N–C) groups is 1. The second kappa shape index (κ2) is 6.84. The predicted molar refractivity (Wildman–Crippen MR) is 96.8 cm³/mol. The molecular weight excluding hydrogens is 344 g/mol. The number of thioether (sulfide) groups is 1. The smallest absolute Gasteiger partial charge is 0.258 e. The molecule has 1 aliphatic heterocycles. The molecule has 1 heterocycles. The van der Waals surface area contributed by atoms with Crippen LogP contribution in [0.15, 0.2) is 47.5 Å². The van der Waals surface area contributed by atoms with Crippen LogP contribution in [0.1, 0.15) is 29.3 Å². The second-order valence-corrected chi connectivity index (χ2v) is 7.09. The first kappa shape index (κ1) is 17.4. The standard InChI is InChI=1S/C18H17F2N3OS/c1-18(8-9-25-17(21)23-18)11-2-7-15(20)14(10-11)16(24)22-13-5-3-12(19)4-6-13/h2-7,10H,8-9H2,1H3,(H2,21,23)(H,22,24). The molecule has 0 aliphatic carbocycles. The maximum Gasteiger partial charge on any atom is 0.258 e. The molecule has 7 heteroatoms. The highest BCUT2D eigenvalue weighted by Crippen LogP contribution is 2.35. The number of nitrogens with two attached hydrogens (primary N) is 1. The minimum Gasteiger partial charge on any atom is -0.379 e. The highest BCUT2D eigenvalue weighted by Gasteiger charge is 2.30. The van der Waals surface area contributed by atoms with E-state index in [4.69, 9.17) is 5.73 Å². The molecule has 0 fully saturated rings. The molecule has 4 nitrogen and oxygen atoms in total. The zero-order valence-electron chi connectivity index (χ0n) is 13.6. The minimum absolute atomic E-state index is 0.0879. The Morgan fingerprint density at radius 2 is 1.96 bits per heavy atom. The molecule has 2 aromatic carbocycles. The van der Waals surface area contributed by atoms with E-state index < -0.39 is 23.1 Å². The average Bonchev–Trinajstić information content (AvgIpc) is 2.57. The molecule has 130 valence electrons. The number of hydrogen-bond donors (Lipinski definition) is 2. The van der Waals surface area contributed by atoms with Crippen molar-refractivity contribution in [1.82, 2.24) is 0 Å². The number of hydrogen-bond acceptors (Lipinski definition) is 4. The van der Waals surface area contributed by atoms with Gasteiger partial charge in [-0.15, -0.1) is 0 Å². The predicted octanol–water partition coefficient (Wildman–Crippen LogP) is 3.88. The third kappa shape index (κ3) is 3.82. The molecule has 25 heavy (non-hydrogen) atoms. The van der Waals surface area contributed by atoms with Gasteiger partial charge in [0.15, 0.2) is 5.17 Å². The van der Waals surface area contributed by atoms with Crippen LogP contribution in [-0.2, 0) is 5.54 Å².